The number of anilines is 2. The number of phenolic OH excluding ortho intramolecular Hbond substituents is 1. The molecule has 1 saturated heterocycles. The van der Waals surface area contributed by atoms with Crippen molar-refractivity contribution < 1.29 is 166 Å². The zero-order valence-electron chi connectivity index (χ0n) is 80.7. The Bertz CT molecular complexity index is 6300. The second-order valence-electron chi connectivity index (χ2n) is 35.5. The normalized spacial score (nSPS) is 18.4. The molecule has 11 rings (SSSR count). The number of aliphatic hydroxyl groups is 4. The van der Waals surface area contributed by atoms with Gasteiger partial charge in [-0.05, 0) is 84.0 Å². The third kappa shape index (κ3) is 30.7. The number of thioether (sulfide) groups is 1. The molecule has 3 heterocycles. The summed E-state index contributed by atoms with van der Waals surface area (Å²) in [7, 11) is 4.86. The third-order valence-electron chi connectivity index (χ3n) is 25.1. The molecule has 1 fully saturated rings. The molecule has 5 aromatic carbocycles. The molecule has 1 aliphatic heterocycles. The van der Waals surface area contributed by atoms with Crippen molar-refractivity contribution >= 4 is 168 Å². The average molecular weight is 2130 g/mol. The van der Waals surface area contributed by atoms with Gasteiger partial charge in [0.25, 0.3) is 11.5 Å². The van der Waals surface area contributed by atoms with Gasteiger partial charge in [-0.15, -0.1) is 6.58 Å². The number of aromatic amines is 1. The van der Waals surface area contributed by atoms with Crippen LogP contribution in [0.4, 0.5) is 16.4 Å². The van der Waals surface area contributed by atoms with Crippen LogP contribution in [0.5, 0.6) is 11.5 Å². The van der Waals surface area contributed by atoms with Gasteiger partial charge >= 0.3 is 41.9 Å². The summed E-state index contributed by atoms with van der Waals surface area (Å²) in [6, 6.07) is 21.2. The number of methoxy groups -OCH3 is 1. The second kappa shape index (κ2) is 53.7. The van der Waals surface area contributed by atoms with Crippen LogP contribution in [0.25, 0.3) is 22.3 Å². The number of hydrogen-bond acceptors (Lipinski definition) is 37. The van der Waals surface area contributed by atoms with E-state index in [2.05, 4.69) is 88.0 Å². The largest absolute Gasteiger partial charge is 0.507 e. The zero-order chi connectivity index (χ0) is 109. The Kier molecular flexibility index (Phi) is 41.8. The lowest BCUT2D eigenvalue weighted by atomic mass is 9.71. The van der Waals surface area contributed by atoms with E-state index in [9.17, 15) is 147 Å². The summed E-state index contributed by atoms with van der Waals surface area (Å²) >= 11 is 1.57. The van der Waals surface area contributed by atoms with E-state index in [-0.39, 0.29) is 119 Å². The Balaban J connectivity index is 0.000000328. The number of carboxylic acid groups (broad SMARTS) is 6. The maximum Gasteiger partial charge on any atom is 0.407 e. The van der Waals surface area contributed by atoms with E-state index in [1.807, 2.05) is 24.3 Å². The lowest BCUT2D eigenvalue weighted by Crippen LogP contribution is -2.56. The van der Waals surface area contributed by atoms with Gasteiger partial charge in [0.15, 0.2) is 46.2 Å². The molecule has 149 heavy (non-hydrogen) atoms. The lowest BCUT2D eigenvalue weighted by molar-refractivity contribution is -0.253. The number of aliphatic carboxylic acids is 6. The number of ether oxygens (including phenoxy) is 4. The Morgan fingerprint density at radius 1 is 0.664 bits per heavy atom. The minimum atomic E-state index is -2.71. The molecule has 47 nitrogen and oxygen atoms in total. The number of nitrogen functional groups attached to an aromatic ring is 1. The number of aromatic nitrogens is 4. The quantitative estimate of drug-likeness (QED) is 0.0145. The van der Waals surface area contributed by atoms with Gasteiger partial charge in [0.05, 0.1) is 116 Å². The van der Waals surface area contributed by atoms with Crippen molar-refractivity contribution in [1.29, 1.82) is 0 Å². The average Bonchev–Trinajstić information content (AvgIpc) is 1.64. The molecule has 50 heteroatoms. The Labute approximate surface area is 860 Å². The number of aromatic hydroxyl groups is 1. The van der Waals surface area contributed by atoms with E-state index in [0.717, 1.165) is 28.0 Å². The molecule has 4 aliphatic rings. The molecule has 0 radical (unpaired) electrons. The number of nitrogens with zero attached hydrogens (tertiary/aromatic N) is 3. The maximum absolute atomic E-state index is 13.9. The number of ketones is 7. The van der Waals surface area contributed by atoms with Gasteiger partial charge in [0.2, 0.25) is 35.4 Å². The van der Waals surface area contributed by atoms with Crippen LogP contribution in [0, 0.1) is 29.6 Å². The van der Waals surface area contributed by atoms with Crippen LogP contribution in [0.2, 0.25) is 0 Å². The molecule has 0 bridgehead atoms. The van der Waals surface area contributed by atoms with Crippen molar-refractivity contribution in [1.82, 2.24) is 51.8 Å². The van der Waals surface area contributed by atoms with E-state index >= 15 is 0 Å². The fraction of sp³-hybridized carbons (Fsp3) is 0.424. The first-order valence-corrected chi connectivity index (χ1v) is 50.3. The number of fused-ring (bicyclic) bond motifs is 7. The highest BCUT2D eigenvalue weighted by atomic mass is 33.1. The number of nitrogens with one attached hydrogen (secondary N) is 8. The van der Waals surface area contributed by atoms with Crippen LogP contribution in [-0.4, -0.2) is 293 Å². The molecular weight excluding hydrogens is 2010 g/mol. The fourth-order valence-corrected chi connectivity index (χ4v) is 20.5. The number of rotatable bonds is 55. The number of hydrogen-bond donors (Lipinski definition) is 20. The molecule has 2 aromatic heterocycles. The molecule has 6 amide bonds. The predicted octanol–water partition coefficient (Wildman–Crippen LogP) is 4.07. The minimum absolute atomic E-state index is 0.0264. The van der Waals surface area contributed by atoms with E-state index < -0.39 is 290 Å². The number of amides is 6. The summed E-state index contributed by atoms with van der Waals surface area (Å²) in [5, 5.41) is 130. The van der Waals surface area contributed by atoms with Crippen LogP contribution in [0.3, 0.4) is 0 Å². The number of carbonyl (C=O) groups excluding carboxylic acids is 13. The first kappa shape index (κ1) is 116. The van der Waals surface area contributed by atoms with Gasteiger partial charge in [0, 0.05) is 128 Å². The van der Waals surface area contributed by atoms with Crippen molar-refractivity contribution in [3.8, 4) is 22.6 Å². The third-order valence-corrected chi connectivity index (χ3v) is 28.6. The van der Waals surface area contributed by atoms with Gasteiger partial charge in [-0.3, -0.25) is 91.3 Å². The van der Waals surface area contributed by atoms with Crippen LogP contribution >= 0.6 is 33.3 Å². The highest BCUT2D eigenvalue weighted by Crippen LogP contribution is 2.53. The number of phenols is 1. The van der Waals surface area contributed by atoms with Crippen molar-refractivity contribution in [2.75, 3.05) is 68.0 Å². The maximum atomic E-state index is 13.9. The number of H-pyrrole nitrogens is 1. The monoisotopic (exact) mass is 2120 g/mol. The topological polar surface area (TPSA) is 766 Å². The number of alkyl carbamates (subject to hydrolysis) is 1. The molecule has 7 aromatic rings. The number of nitrogens with two attached hydrogens (primary N) is 1. The van der Waals surface area contributed by atoms with Crippen molar-refractivity contribution in [3.05, 3.63) is 182 Å². The SMILES string of the molecule is C=CC[C@H](NC(=O)[C@H](CC(=O)O)CC(=O)CC[C@H](NC(=O)c1ccc(NCc2cnc3nc(N)[nH]c(=O)c3n2)cc1)C(=O)O)C(=O)C[C@@H](CC(=O)O)C(=O)N[C@@H](CC(=O)O)C(=O)C[C@@H](CNC(=O)CCSCC1c2ccccc2-c2ccccc21)C(=O)NC.COc1cccc2c1C(=O)c1c(cc3c(c1O)[C@@H](OC1CC(NC(=O)OCCSSC[C@H](CC(=O)[C@@H](C)CC(=O)O)C(=O)O)C(O)C(C)O1)C[C@](O)(C(=O)CO)C3O)C2=O. The van der Waals surface area contributed by atoms with E-state index in [0.29, 0.717) is 22.9 Å². The van der Waals surface area contributed by atoms with E-state index in [1.54, 1.807) is 11.8 Å². The molecule has 21 N–H and O–H groups in total. The molecule has 3 aliphatic carbocycles. The molecule has 0 spiro atoms. The summed E-state index contributed by atoms with van der Waals surface area (Å²) in [4.78, 5) is 271. The van der Waals surface area contributed by atoms with Crippen LogP contribution < -0.4 is 53.2 Å². The molecule has 796 valence electrons. The number of benzene rings is 5. The number of carbonyl (C=O) groups is 19. The van der Waals surface area contributed by atoms with E-state index in [4.69, 9.17) is 29.8 Å². The Hall–Kier alpha value is -14.8. The number of carboxylic acids is 6. The smallest absolute Gasteiger partial charge is 0.407 e. The molecule has 15 atom stereocenters. The van der Waals surface area contributed by atoms with Gasteiger partial charge in [0.1, 0.15) is 54.5 Å². The van der Waals surface area contributed by atoms with Crippen molar-refractivity contribution in [2.45, 2.75) is 177 Å². The second-order valence-corrected chi connectivity index (χ2v) is 39.3. The van der Waals surface area contributed by atoms with Crippen molar-refractivity contribution in [2.24, 2.45) is 29.6 Å². The Morgan fingerprint density at radius 3 is 1.90 bits per heavy atom. The van der Waals surface area contributed by atoms with Gasteiger partial charge in [-0.2, -0.15) is 16.7 Å². The van der Waals surface area contributed by atoms with Crippen LogP contribution in [0.1, 0.15) is 192 Å². The van der Waals surface area contributed by atoms with E-state index in [1.165, 1.54) is 105 Å². The van der Waals surface area contributed by atoms with Crippen LogP contribution in [0.15, 0.2) is 121 Å². The predicted molar refractivity (Wildman–Crippen MR) is 530 cm³/mol. The summed E-state index contributed by atoms with van der Waals surface area (Å²) in [6.07, 6.45) is -14.3. The standard InChI is InChI=1S/C60H67N11O17S.C39H45NO18S2/c1-3-8-43(67-56(84)32(24-49(76)77)21-37(72)17-18-44(59(87)88)68-55(83)31-13-15-35(16-14-31)63-28-36-29-65-53-52(66-36)58(86)71-60(61)70-53)46(73)22-33(25-50(78)79)57(85)69-45(26-51(80)81)47(74)23-34(54(82)62-2)27-64-48(75)19-20-89-30-42-40-11-6-4-9-38(40)39-10-5-7-12-41(39)42;1-16(9-27(44)45)23(42)10-18(37(51)52)15-60-59-8-7-56-38(53)40-22-12-28(57-17(2)32(22)46)58-25-13-39(54,26(43)14-41)36(50)21-11-20-31(35(49)30(21)25)34(48)29-19(33(20)47)5-4-6-24(29)55-3/h3-7,9-16,29,32-34,42-45,63H,1,8,17-28,30H2,2H3,(H,62,82)(H,64,75)(H,67,84)(H,68,83)(H,69,85)(H,76,77)(H,78,79)(H,80,81)(H,87,88)(H3,61,65,70,71,86);4-6,11,16-18,22,25,28,32,36,41,46,49-50,54H,7-10,12-15H2,1-3H3,(H,40,53)(H,44,45)(H,51,52)/t32-,33-,34-,43-,44-,45-;16-,17?,18-,22?,25-,28?,32?,36?,39-/m00/s1. The van der Waals surface area contributed by atoms with Crippen molar-refractivity contribution in [3.63, 3.8) is 0 Å². The van der Waals surface area contributed by atoms with Crippen LogP contribution in [-0.2, 0) is 92.7 Å². The highest BCUT2D eigenvalue weighted by Gasteiger charge is 2.54. The zero-order valence-corrected chi connectivity index (χ0v) is 83.1. The molecular formula is C99H112N12O35S3. The van der Waals surface area contributed by atoms with Gasteiger partial charge in [-0.25, -0.2) is 19.6 Å². The summed E-state index contributed by atoms with van der Waals surface area (Å²) < 4.78 is 22.6. The first-order valence-electron chi connectivity index (χ1n) is 46.7. The lowest BCUT2D eigenvalue weighted by Gasteiger charge is -2.44. The first-order chi connectivity index (χ1) is 70.8. The molecule has 0 saturated carbocycles. The van der Waals surface area contributed by atoms with Gasteiger partial charge in [-0.1, -0.05) is 95.3 Å². The highest BCUT2D eigenvalue weighted by molar-refractivity contribution is 8.76. The summed E-state index contributed by atoms with van der Waals surface area (Å²) in [5.74, 6) is -24.9. The molecule has 5 unspecified atom stereocenters. The number of aliphatic hydroxyl groups excluding tert-OH is 3. The summed E-state index contributed by atoms with van der Waals surface area (Å²) in [5.41, 5.74) is 6.33. The summed E-state index contributed by atoms with van der Waals surface area (Å²) in [6.45, 7) is 4.83. The Morgan fingerprint density at radius 2 is 1.28 bits per heavy atom. The van der Waals surface area contributed by atoms with Gasteiger partial charge < -0.3 is 118 Å². The number of Topliss-reactive ketones (excluding diaryl/α,β-unsaturated/α-hetero) is 5. The minimum Gasteiger partial charge on any atom is -0.507 e. The fourth-order valence-electron chi connectivity index (χ4n) is 17.3.